The van der Waals surface area contributed by atoms with Crippen molar-refractivity contribution in [2.75, 3.05) is 0 Å². The molecule has 1 rings (SSSR count). The molecule has 0 aliphatic rings. The van der Waals surface area contributed by atoms with E-state index in [1.807, 2.05) is 0 Å². The lowest BCUT2D eigenvalue weighted by Gasteiger charge is -2.03. The highest BCUT2D eigenvalue weighted by molar-refractivity contribution is 5.85. The van der Waals surface area contributed by atoms with Crippen LogP contribution in [0.3, 0.4) is 0 Å². The second kappa shape index (κ2) is 4.75. The molecule has 1 aromatic rings. The molecular weight excluding hydrogens is 198 g/mol. The Hall–Kier alpha value is -1.18. The lowest BCUT2D eigenvalue weighted by Crippen LogP contribution is -2.09. The molecule has 0 bridgehead atoms. The van der Waals surface area contributed by atoms with Gasteiger partial charge in [-0.25, -0.2) is 8.78 Å². The van der Waals surface area contributed by atoms with Crippen LogP contribution in [0.2, 0.25) is 0 Å². The van der Waals surface area contributed by atoms with Crippen LogP contribution in [0.25, 0.3) is 0 Å². The van der Waals surface area contributed by atoms with Gasteiger partial charge in [0.05, 0.1) is 6.07 Å². The van der Waals surface area contributed by atoms with Gasteiger partial charge in [-0.2, -0.15) is 5.26 Å². The number of nitrogens with zero attached hydrogens (tertiary/aromatic N) is 1. The largest absolute Gasteiger partial charge is 0.312 e. The first-order chi connectivity index (χ1) is 5.65. The van der Waals surface area contributed by atoms with Gasteiger partial charge >= 0.3 is 0 Å². The summed E-state index contributed by atoms with van der Waals surface area (Å²) in [4.78, 5) is 0. The quantitative estimate of drug-likeness (QED) is 0.760. The highest BCUT2D eigenvalue weighted by atomic mass is 35.5. The number of benzene rings is 1. The number of hydrogen-bond acceptors (Lipinski definition) is 2. The van der Waals surface area contributed by atoms with Crippen molar-refractivity contribution in [2.45, 2.75) is 6.04 Å². The highest BCUT2D eigenvalue weighted by Crippen LogP contribution is 2.14. The Morgan fingerprint density at radius 1 is 1.38 bits per heavy atom. The van der Waals surface area contributed by atoms with Gasteiger partial charge in [0, 0.05) is 11.6 Å². The van der Waals surface area contributed by atoms with Gasteiger partial charge in [-0.15, -0.1) is 12.4 Å². The van der Waals surface area contributed by atoms with Crippen LogP contribution >= 0.6 is 12.4 Å². The van der Waals surface area contributed by atoms with E-state index >= 15 is 0 Å². The summed E-state index contributed by atoms with van der Waals surface area (Å²) < 4.78 is 25.2. The van der Waals surface area contributed by atoms with Gasteiger partial charge in [0.15, 0.2) is 0 Å². The first-order valence-corrected chi connectivity index (χ1v) is 3.25. The molecular formula is C8H7ClF2N2. The van der Waals surface area contributed by atoms with Gasteiger partial charge in [0.1, 0.15) is 17.7 Å². The zero-order valence-corrected chi connectivity index (χ0v) is 7.31. The predicted molar refractivity (Wildman–Crippen MR) is 46.1 cm³/mol. The third-order valence-electron chi connectivity index (χ3n) is 1.44. The van der Waals surface area contributed by atoms with Crippen LogP contribution in [-0.4, -0.2) is 0 Å². The minimum Gasteiger partial charge on any atom is -0.312 e. The summed E-state index contributed by atoms with van der Waals surface area (Å²) in [7, 11) is 0. The van der Waals surface area contributed by atoms with E-state index in [4.69, 9.17) is 11.0 Å². The van der Waals surface area contributed by atoms with E-state index in [0.717, 1.165) is 6.07 Å². The van der Waals surface area contributed by atoms with Crippen molar-refractivity contribution in [3.8, 4) is 6.07 Å². The standard InChI is InChI=1S/C8H6F2N2.ClH/c9-5-1-2-6(7(10)3-5)8(12)4-11;/h1-3,8H,12H2;1H. The van der Waals surface area contributed by atoms with Crippen LogP contribution in [0.4, 0.5) is 8.78 Å². The Balaban J connectivity index is 0.00000144. The molecule has 0 radical (unpaired) electrons. The van der Waals surface area contributed by atoms with E-state index in [9.17, 15) is 8.78 Å². The predicted octanol–water partition coefficient (Wildman–Crippen LogP) is 1.91. The molecule has 0 aliphatic heterocycles. The van der Waals surface area contributed by atoms with Crippen molar-refractivity contribution in [3.05, 3.63) is 35.4 Å². The maximum absolute atomic E-state index is 12.8. The zero-order valence-electron chi connectivity index (χ0n) is 6.50. The van der Waals surface area contributed by atoms with E-state index in [1.54, 1.807) is 6.07 Å². The third kappa shape index (κ3) is 2.65. The van der Waals surface area contributed by atoms with Gasteiger partial charge in [-0.05, 0) is 6.07 Å². The number of hydrogen-bond donors (Lipinski definition) is 1. The molecule has 0 spiro atoms. The summed E-state index contributed by atoms with van der Waals surface area (Å²) in [5, 5.41) is 8.35. The minimum absolute atomic E-state index is 0. The van der Waals surface area contributed by atoms with Crippen molar-refractivity contribution in [2.24, 2.45) is 5.73 Å². The van der Waals surface area contributed by atoms with Crippen LogP contribution in [0.1, 0.15) is 11.6 Å². The van der Waals surface area contributed by atoms with Gasteiger partial charge < -0.3 is 5.73 Å². The maximum atomic E-state index is 12.8. The third-order valence-corrected chi connectivity index (χ3v) is 1.44. The Kier molecular flexibility index (Phi) is 4.32. The van der Waals surface area contributed by atoms with Crippen molar-refractivity contribution < 1.29 is 8.78 Å². The summed E-state index contributed by atoms with van der Waals surface area (Å²) in [5.41, 5.74) is 5.23. The first-order valence-electron chi connectivity index (χ1n) is 3.25. The number of nitrogens with two attached hydrogens (primary N) is 1. The van der Waals surface area contributed by atoms with Gasteiger partial charge in [0.2, 0.25) is 0 Å². The molecule has 0 saturated carbocycles. The Morgan fingerprint density at radius 3 is 2.46 bits per heavy atom. The van der Waals surface area contributed by atoms with E-state index in [-0.39, 0.29) is 18.0 Å². The lowest BCUT2D eigenvalue weighted by molar-refractivity contribution is 0.568. The van der Waals surface area contributed by atoms with Crippen molar-refractivity contribution in [3.63, 3.8) is 0 Å². The molecule has 0 aromatic heterocycles. The second-order valence-electron chi connectivity index (χ2n) is 2.27. The first kappa shape index (κ1) is 11.8. The topological polar surface area (TPSA) is 49.8 Å². The SMILES string of the molecule is Cl.N#CC(N)c1ccc(F)cc1F. The molecule has 2 nitrogen and oxygen atoms in total. The van der Waals surface area contributed by atoms with Crippen LogP contribution in [0.5, 0.6) is 0 Å². The Morgan fingerprint density at radius 2 is 2.00 bits per heavy atom. The molecule has 1 aromatic carbocycles. The fourth-order valence-corrected chi connectivity index (χ4v) is 0.823. The monoisotopic (exact) mass is 204 g/mol. The lowest BCUT2D eigenvalue weighted by atomic mass is 10.1. The molecule has 0 aliphatic carbocycles. The molecule has 1 unspecified atom stereocenters. The molecule has 70 valence electrons. The molecule has 1 atom stereocenters. The Bertz CT molecular complexity index is 335. The van der Waals surface area contributed by atoms with Crippen LogP contribution in [0, 0.1) is 23.0 Å². The fraction of sp³-hybridized carbons (Fsp3) is 0.125. The maximum Gasteiger partial charge on any atom is 0.131 e. The number of rotatable bonds is 1. The summed E-state index contributed by atoms with van der Waals surface area (Å²) in [6.07, 6.45) is 0. The fourth-order valence-electron chi connectivity index (χ4n) is 0.823. The molecule has 0 fully saturated rings. The average molecular weight is 205 g/mol. The highest BCUT2D eigenvalue weighted by Gasteiger charge is 2.10. The summed E-state index contributed by atoms with van der Waals surface area (Å²) >= 11 is 0. The smallest absolute Gasteiger partial charge is 0.131 e. The summed E-state index contributed by atoms with van der Waals surface area (Å²) in [6.45, 7) is 0. The average Bonchev–Trinajstić information content (AvgIpc) is 2.03. The van der Waals surface area contributed by atoms with Crippen LogP contribution < -0.4 is 5.73 Å². The minimum atomic E-state index is -1.04. The second-order valence-corrected chi connectivity index (χ2v) is 2.27. The van der Waals surface area contributed by atoms with E-state index in [2.05, 4.69) is 0 Å². The van der Waals surface area contributed by atoms with Crippen molar-refractivity contribution in [1.29, 1.82) is 5.26 Å². The van der Waals surface area contributed by atoms with Crippen LogP contribution in [0.15, 0.2) is 18.2 Å². The normalized spacial score (nSPS) is 11.2. The molecule has 0 amide bonds. The van der Waals surface area contributed by atoms with Gasteiger partial charge in [-0.1, -0.05) is 6.07 Å². The van der Waals surface area contributed by atoms with E-state index in [1.165, 1.54) is 6.07 Å². The van der Waals surface area contributed by atoms with Crippen molar-refractivity contribution >= 4 is 12.4 Å². The van der Waals surface area contributed by atoms with E-state index in [0.29, 0.717) is 6.07 Å². The van der Waals surface area contributed by atoms with Crippen LogP contribution in [-0.2, 0) is 0 Å². The van der Waals surface area contributed by atoms with Crippen molar-refractivity contribution in [1.82, 2.24) is 0 Å². The molecule has 2 N–H and O–H groups in total. The van der Waals surface area contributed by atoms with Gasteiger partial charge in [0.25, 0.3) is 0 Å². The molecule has 13 heavy (non-hydrogen) atoms. The summed E-state index contributed by atoms with van der Waals surface area (Å²) in [5.74, 6) is -1.47. The summed E-state index contributed by atoms with van der Waals surface area (Å²) in [6, 6.07) is 3.55. The molecule has 0 saturated heterocycles. The number of halogens is 3. The molecule has 5 heteroatoms. The molecule has 0 heterocycles. The van der Waals surface area contributed by atoms with Gasteiger partial charge in [-0.3, -0.25) is 0 Å². The number of nitriles is 1. The van der Waals surface area contributed by atoms with E-state index < -0.39 is 17.7 Å². The Labute approximate surface area is 80.4 Å². The zero-order chi connectivity index (χ0) is 9.14.